The van der Waals surface area contributed by atoms with Crippen LogP contribution in [0.25, 0.3) is 12.2 Å². The first-order chi connectivity index (χ1) is 15.4. The second-order valence-electron chi connectivity index (χ2n) is 7.79. The molecule has 0 bridgehead atoms. The number of aromatic nitrogens is 1. The maximum absolute atomic E-state index is 12.8. The Morgan fingerprint density at radius 2 is 1.84 bits per heavy atom. The Balaban J connectivity index is 1.48. The summed E-state index contributed by atoms with van der Waals surface area (Å²) in [6.45, 7) is 3.75. The van der Waals surface area contributed by atoms with Gasteiger partial charge in [-0.1, -0.05) is 48.5 Å². The fourth-order valence-electron chi connectivity index (χ4n) is 3.29. The van der Waals surface area contributed by atoms with Crippen LogP contribution in [0.4, 0.5) is 11.4 Å². The third kappa shape index (κ3) is 4.91. The van der Waals surface area contributed by atoms with Gasteiger partial charge in [-0.15, -0.1) is 0 Å². The molecule has 2 aromatic carbocycles. The normalized spacial score (nSPS) is 13.9. The number of nitrogens with one attached hydrogen (secondary N) is 2. The summed E-state index contributed by atoms with van der Waals surface area (Å²) in [5.41, 5.74) is 3.48. The fourth-order valence-corrected chi connectivity index (χ4v) is 4.39. The molecule has 0 atom stereocenters. The molecule has 1 fully saturated rings. The lowest BCUT2D eigenvalue weighted by molar-refractivity contribution is -0.117. The molecule has 166 valence electrons. The van der Waals surface area contributed by atoms with Crippen LogP contribution in [0.1, 0.15) is 42.3 Å². The molecule has 7 nitrogen and oxygen atoms in total. The van der Waals surface area contributed by atoms with Crippen molar-refractivity contribution < 1.29 is 17.7 Å². The molecule has 1 aliphatic carbocycles. The molecular weight excluding hydrogens is 426 g/mol. The molecule has 0 unspecified atom stereocenters. The molecule has 0 spiro atoms. The summed E-state index contributed by atoms with van der Waals surface area (Å²) in [6, 6.07) is 13.9. The van der Waals surface area contributed by atoms with Gasteiger partial charge in [-0.05, 0) is 61.6 Å². The van der Waals surface area contributed by atoms with Crippen molar-refractivity contribution in [3.05, 3.63) is 71.1 Å². The predicted molar refractivity (Wildman–Crippen MR) is 125 cm³/mol. The van der Waals surface area contributed by atoms with E-state index in [-0.39, 0.29) is 16.7 Å². The van der Waals surface area contributed by atoms with E-state index in [1.54, 1.807) is 55.5 Å². The number of sulfonamides is 1. The van der Waals surface area contributed by atoms with E-state index in [4.69, 9.17) is 4.52 Å². The topological polar surface area (TPSA) is 101 Å². The van der Waals surface area contributed by atoms with Crippen molar-refractivity contribution in [2.24, 2.45) is 5.92 Å². The standard InChI is InChI=1S/C24H25N3O4S/c1-3-18-6-4-5-7-21(18)27-32(29,30)20-13-8-17(9-14-20)10-15-22-23(16(2)26-31-22)25-24(28)19-11-12-19/h4-10,13-15,19,27H,3,11-12H2,1-2H3,(H,25,28)/b15-10-. The number of anilines is 2. The zero-order valence-electron chi connectivity index (χ0n) is 18.0. The minimum atomic E-state index is -3.70. The third-order valence-corrected chi connectivity index (χ3v) is 6.73. The molecule has 1 aromatic heterocycles. The number of carbonyl (C=O) groups is 1. The Hall–Kier alpha value is -3.39. The Kier molecular flexibility index (Phi) is 6.14. The number of hydrogen-bond donors (Lipinski definition) is 2. The van der Waals surface area contributed by atoms with Crippen molar-refractivity contribution in [3.63, 3.8) is 0 Å². The first-order valence-electron chi connectivity index (χ1n) is 10.5. The van der Waals surface area contributed by atoms with Gasteiger partial charge in [0.05, 0.1) is 10.6 Å². The Labute approximate surface area is 187 Å². The second kappa shape index (κ2) is 9.00. The molecule has 0 aliphatic heterocycles. The summed E-state index contributed by atoms with van der Waals surface area (Å²) in [7, 11) is -3.70. The summed E-state index contributed by atoms with van der Waals surface area (Å²) in [4.78, 5) is 12.3. The lowest BCUT2D eigenvalue weighted by atomic mass is 10.1. The van der Waals surface area contributed by atoms with Gasteiger partial charge in [-0.3, -0.25) is 9.52 Å². The summed E-state index contributed by atoms with van der Waals surface area (Å²) >= 11 is 0. The van der Waals surface area contributed by atoms with Gasteiger partial charge in [0, 0.05) is 5.92 Å². The van der Waals surface area contributed by atoms with Crippen molar-refractivity contribution in [1.82, 2.24) is 5.16 Å². The zero-order valence-corrected chi connectivity index (χ0v) is 18.8. The van der Waals surface area contributed by atoms with E-state index in [1.807, 2.05) is 19.1 Å². The van der Waals surface area contributed by atoms with E-state index in [9.17, 15) is 13.2 Å². The maximum Gasteiger partial charge on any atom is 0.261 e. The molecule has 32 heavy (non-hydrogen) atoms. The van der Waals surface area contributed by atoms with Gasteiger partial charge in [0.25, 0.3) is 10.0 Å². The molecule has 0 radical (unpaired) electrons. The molecule has 1 aliphatic rings. The highest BCUT2D eigenvalue weighted by Gasteiger charge is 2.30. The number of aryl methyl sites for hydroxylation is 2. The Bertz CT molecular complexity index is 1260. The molecule has 3 aromatic rings. The van der Waals surface area contributed by atoms with Gasteiger partial charge in [0.2, 0.25) is 5.91 Å². The number of carbonyl (C=O) groups excluding carboxylic acids is 1. The van der Waals surface area contributed by atoms with Crippen LogP contribution in [-0.2, 0) is 21.2 Å². The van der Waals surface area contributed by atoms with Crippen LogP contribution in [-0.4, -0.2) is 19.5 Å². The highest BCUT2D eigenvalue weighted by Crippen LogP contribution is 2.32. The van der Waals surface area contributed by atoms with Gasteiger partial charge < -0.3 is 9.84 Å². The van der Waals surface area contributed by atoms with Crippen LogP contribution >= 0.6 is 0 Å². The van der Waals surface area contributed by atoms with Crippen LogP contribution in [0.3, 0.4) is 0 Å². The fraction of sp³-hybridized carbons (Fsp3) is 0.250. The predicted octanol–water partition coefficient (Wildman–Crippen LogP) is 4.87. The van der Waals surface area contributed by atoms with Crippen molar-refractivity contribution in [1.29, 1.82) is 0 Å². The first-order valence-corrected chi connectivity index (χ1v) is 12.0. The van der Waals surface area contributed by atoms with Crippen LogP contribution < -0.4 is 10.0 Å². The van der Waals surface area contributed by atoms with Gasteiger partial charge in [-0.2, -0.15) is 0 Å². The summed E-state index contributed by atoms with van der Waals surface area (Å²) in [5.74, 6) is 0.511. The number of para-hydroxylation sites is 1. The molecule has 0 saturated heterocycles. The number of benzene rings is 2. The van der Waals surface area contributed by atoms with Crippen molar-refractivity contribution >= 4 is 39.5 Å². The van der Waals surface area contributed by atoms with Crippen LogP contribution in [0.5, 0.6) is 0 Å². The van der Waals surface area contributed by atoms with Gasteiger partial charge in [0.15, 0.2) is 5.76 Å². The lowest BCUT2D eigenvalue weighted by Crippen LogP contribution is -2.14. The molecule has 1 heterocycles. The minimum Gasteiger partial charge on any atom is -0.354 e. The summed E-state index contributed by atoms with van der Waals surface area (Å²) in [5, 5.41) is 6.82. The quantitative estimate of drug-likeness (QED) is 0.509. The van der Waals surface area contributed by atoms with Crippen molar-refractivity contribution in [2.45, 2.75) is 38.0 Å². The third-order valence-electron chi connectivity index (χ3n) is 5.35. The van der Waals surface area contributed by atoms with Gasteiger partial charge in [-0.25, -0.2) is 8.42 Å². The van der Waals surface area contributed by atoms with Crippen LogP contribution in [0.15, 0.2) is 57.9 Å². The van der Waals surface area contributed by atoms with Gasteiger partial charge >= 0.3 is 0 Å². The van der Waals surface area contributed by atoms with Crippen LogP contribution in [0.2, 0.25) is 0 Å². The SMILES string of the molecule is CCc1ccccc1NS(=O)(=O)c1ccc(/C=C\c2onc(C)c2NC(=O)C2CC2)cc1. The highest BCUT2D eigenvalue weighted by atomic mass is 32.2. The average Bonchev–Trinajstić information content (AvgIpc) is 3.58. The van der Waals surface area contributed by atoms with E-state index >= 15 is 0 Å². The van der Waals surface area contributed by atoms with Crippen LogP contribution in [0, 0.1) is 12.8 Å². The van der Waals surface area contributed by atoms with E-state index < -0.39 is 10.0 Å². The molecule has 4 rings (SSSR count). The average molecular weight is 452 g/mol. The lowest BCUT2D eigenvalue weighted by Gasteiger charge is -2.11. The molecule has 1 amide bonds. The Morgan fingerprint density at radius 3 is 2.53 bits per heavy atom. The first kappa shape index (κ1) is 21.8. The number of rotatable bonds is 8. The summed E-state index contributed by atoms with van der Waals surface area (Å²) < 4.78 is 33.5. The number of nitrogens with zero attached hydrogens (tertiary/aromatic N) is 1. The summed E-state index contributed by atoms with van der Waals surface area (Å²) in [6.07, 6.45) is 6.04. The Morgan fingerprint density at radius 1 is 1.12 bits per heavy atom. The number of amides is 1. The maximum atomic E-state index is 12.8. The molecule has 1 saturated carbocycles. The van der Waals surface area contributed by atoms with E-state index in [1.165, 1.54) is 0 Å². The monoisotopic (exact) mass is 451 g/mol. The zero-order chi connectivity index (χ0) is 22.7. The smallest absolute Gasteiger partial charge is 0.261 e. The largest absolute Gasteiger partial charge is 0.354 e. The second-order valence-corrected chi connectivity index (χ2v) is 9.47. The van der Waals surface area contributed by atoms with Gasteiger partial charge in [0.1, 0.15) is 11.4 Å². The van der Waals surface area contributed by atoms with Crippen molar-refractivity contribution in [2.75, 3.05) is 10.0 Å². The van der Waals surface area contributed by atoms with E-state index in [0.717, 1.165) is 30.4 Å². The van der Waals surface area contributed by atoms with Crippen molar-refractivity contribution in [3.8, 4) is 0 Å². The highest BCUT2D eigenvalue weighted by molar-refractivity contribution is 7.92. The van der Waals surface area contributed by atoms with E-state index in [0.29, 0.717) is 22.8 Å². The minimum absolute atomic E-state index is 0.0161. The number of hydrogen-bond acceptors (Lipinski definition) is 5. The van der Waals surface area contributed by atoms with E-state index in [2.05, 4.69) is 15.2 Å². The molecule has 8 heteroatoms. The molecular formula is C24H25N3O4S. The molecule has 2 N–H and O–H groups in total.